The zero-order valence-corrected chi connectivity index (χ0v) is 45.6. The fraction of sp³-hybridized carbons (Fsp3) is 0.147. The van der Waals surface area contributed by atoms with Crippen LogP contribution in [0.3, 0.4) is 0 Å². The van der Waals surface area contributed by atoms with Gasteiger partial charge in [-0.1, -0.05) is 193 Å². The molecular weight excluding hydrogens is 921 g/mol. The number of hydrogen-bond acceptors (Lipinski definition) is 0. The SMILES string of the molecule is Cc1cc[c]([Ge]([CH3])([CH3])[CH3])cc1.Cc1ccc(-c2c3ccccc3c(-c3cccc(-c4c5ccccc5c(-c5ccc(C)cc5)c5ccccc45)c3)c3ccccc23)cc1.Cc1ccc(S(C)(C)C)cc1. The molecule has 0 nitrogen and oxygen atoms in total. The molecule has 0 atom stereocenters. The second-order valence-corrected chi connectivity index (χ2v) is 35.6. The Morgan fingerprint density at radius 3 is 0.800 bits per heavy atom. The summed E-state index contributed by atoms with van der Waals surface area (Å²) in [6, 6.07) is 80.7. The van der Waals surface area contributed by atoms with Crippen molar-refractivity contribution >= 4 is 70.8 Å². The Morgan fingerprint density at radius 1 is 0.271 bits per heavy atom. The fourth-order valence-electron chi connectivity index (χ4n) is 9.77. The fourth-order valence-corrected chi connectivity index (χ4v) is 13.2. The summed E-state index contributed by atoms with van der Waals surface area (Å²) in [6.45, 7) is 8.57. The van der Waals surface area contributed by atoms with Gasteiger partial charge in [-0.15, -0.1) is 0 Å². The Hall–Kier alpha value is -6.65. The van der Waals surface area contributed by atoms with E-state index in [1.807, 2.05) is 0 Å². The van der Waals surface area contributed by atoms with E-state index < -0.39 is 23.3 Å². The van der Waals surface area contributed by atoms with Gasteiger partial charge >= 0.3 is 71.7 Å². The number of rotatable bonds is 6. The molecule has 11 aromatic carbocycles. The van der Waals surface area contributed by atoms with Crippen LogP contribution >= 0.6 is 10.0 Å². The first-order valence-electron chi connectivity index (χ1n) is 24.6. The molecule has 0 aliphatic rings. The van der Waals surface area contributed by atoms with Crippen LogP contribution in [0, 0.1) is 27.7 Å². The molecule has 0 radical (unpaired) electrons. The third-order valence-corrected chi connectivity index (χ3v) is 19.6. The molecule has 0 aliphatic carbocycles. The molecule has 0 aromatic heterocycles. The van der Waals surface area contributed by atoms with Crippen LogP contribution in [-0.2, 0) is 0 Å². The van der Waals surface area contributed by atoms with E-state index >= 15 is 0 Å². The van der Waals surface area contributed by atoms with Gasteiger partial charge in [0.05, 0.1) is 0 Å². The molecule has 0 bridgehead atoms. The summed E-state index contributed by atoms with van der Waals surface area (Å²) in [5.41, 5.74) is 15.4. The van der Waals surface area contributed by atoms with Gasteiger partial charge in [0.15, 0.2) is 0 Å². The summed E-state index contributed by atoms with van der Waals surface area (Å²) in [6.07, 6.45) is 6.95. The summed E-state index contributed by atoms with van der Waals surface area (Å²) in [5, 5.41) is 10.2. The van der Waals surface area contributed by atoms with Gasteiger partial charge in [-0.05, 0) is 150 Å². The Morgan fingerprint density at radius 2 is 0.529 bits per heavy atom. The van der Waals surface area contributed by atoms with Crippen LogP contribution in [-0.4, -0.2) is 32.0 Å². The van der Waals surface area contributed by atoms with Gasteiger partial charge in [-0.2, -0.15) is 0 Å². The standard InChI is InChI=1S/C48H34.C10H16Ge.C10H16S/c1-31-22-26-33(27-23-31)45-37-14-3-7-18-41(37)47(42-19-8-4-15-38(42)45)35-12-11-13-36(30-35)48-43-20-9-5-16-39(43)46(34-28-24-32(2)25-29-34)40-17-6-10-21-44(40)48;2*1-9-5-7-10(8-6-9)11(2,3)4/h3-30H,1-2H3;2*5-8H,1-4H3. The molecule has 70 heavy (non-hydrogen) atoms. The minimum atomic E-state index is -1.53. The van der Waals surface area contributed by atoms with Crippen LogP contribution in [0.4, 0.5) is 0 Å². The van der Waals surface area contributed by atoms with Crippen molar-refractivity contribution in [1.82, 2.24) is 0 Å². The maximum Gasteiger partial charge on any atom is -0.00262 e. The molecule has 0 saturated heterocycles. The molecule has 0 fully saturated rings. The topological polar surface area (TPSA) is 0 Å². The molecule has 0 spiro atoms. The summed E-state index contributed by atoms with van der Waals surface area (Å²) in [5.74, 6) is 7.26. The second-order valence-electron chi connectivity index (χ2n) is 20.8. The molecule has 0 amide bonds. The molecule has 0 aliphatic heterocycles. The zero-order chi connectivity index (χ0) is 49.2. The van der Waals surface area contributed by atoms with Crippen molar-refractivity contribution in [3.8, 4) is 44.5 Å². The van der Waals surface area contributed by atoms with Crippen molar-refractivity contribution in [2.45, 2.75) is 49.9 Å². The van der Waals surface area contributed by atoms with E-state index in [1.165, 1.54) is 115 Å². The average molecular weight is 988 g/mol. The van der Waals surface area contributed by atoms with Crippen LogP contribution < -0.4 is 4.40 Å². The average Bonchev–Trinajstić information content (AvgIpc) is 3.35. The smallest absolute Gasteiger partial charge is 0.00262 e. The molecule has 0 saturated carbocycles. The van der Waals surface area contributed by atoms with Crippen molar-refractivity contribution in [3.63, 3.8) is 0 Å². The van der Waals surface area contributed by atoms with Gasteiger partial charge in [0.1, 0.15) is 0 Å². The first-order chi connectivity index (χ1) is 33.7. The number of aryl methyl sites for hydroxylation is 4. The van der Waals surface area contributed by atoms with Crippen molar-refractivity contribution in [1.29, 1.82) is 0 Å². The summed E-state index contributed by atoms with van der Waals surface area (Å²) < 4.78 is 1.59. The third-order valence-electron chi connectivity index (χ3n) is 13.6. The predicted octanol–water partition coefficient (Wildman–Crippen LogP) is 19.2. The normalized spacial score (nSPS) is 11.8. The molecule has 11 rings (SSSR count). The van der Waals surface area contributed by atoms with E-state index in [0.29, 0.717) is 0 Å². The second kappa shape index (κ2) is 20.4. The van der Waals surface area contributed by atoms with Gasteiger partial charge < -0.3 is 0 Å². The predicted molar refractivity (Wildman–Crippen MR) is 317 cm³/mol. The van der Waals surface area contributed by atoms with Crippen LogP contribution in [0.5, 0.6) is 0 Å². The monoisotopic (exact) mass is 988 g/mol. The Kier molecular flexibility index (Phi) is 14.1. The van der Waals surface area contributed by atoms with Gasteiger partial charge in [-0.3, -0.25) is 0 Å². The minimum Gasteiger partial charge on any atom is -0.223 e. The zero-order valence-electron chi connectivity index (χ0n) is 42.7. The molecule has 348 valence electrons. The molecular formula is C68H66GeS. The first-order valence-corrected chi connectivity index (χ1v) is 34.8. The first kappa shape index (κ1) is 48.4. The molecule has 0 unspecified atom stereocenters. The Balaban J connectivity index is 0.000000228. The Labute approximate surface area is 421 Å². The molecule has 2 heteroatoms. The maximum atomic E-state index is 2.42. The number of fused-ring (bicyclic) bond motifs is 4. The van der Waals surface area contributed by atoms with Crippen molar-refractivity contribution in [2.75, 3.05) is 18.8 Å². The maximum absolute atomic E-state index is 2.42. The quantitative estimate of drug-likeness (QED) is 0.115. The largest absolute Gasteiger partial charge is 0.223 e. The van der Waals surface area contributed by atoms with Gasteiger partial charge in [-0.25, -0.2) is 10.0 Å². The van der Waals surface area contributed by atoms with Crippen molar-refractivity contribution in [3.05, 3.63) is 241 Å². The van der Waals surface area contributed by atoms with Gasteiger partial charge in [0, 0.05) is 0 Å². The van der Waals surface area contributed by atoms with E-state index in [2.05, 4.69) is 282 Å². The van der Waals surface area contributed by atoms with Crippen LogP contribution in [0.15, 0.2) is 223 Å². The van der Waals surface area contributed by atoms with Gasteiger partial charge in [0.25, 0.3) is 0 Å². The van der Waals surface area contributed by atoms with Crippen LogP contribution in [0.1, 0.15) is 22.3 Å². The van der Waals surface area contributed by atoms with E-state index in [0.717, 1.165) is 0 Å². The van der Waals surface area contributed by atoms with E-state index in [1.54, 1.807) is 4.40 Å². The van der Waals surface area contributed by atoms with E-state index in [9.17, 15) is 0 Å². The third kappa shape index (κ3) is 10.3. The summed E-state index contributed by atoms with van der Waals surface area (Å²) >= 11 is -1.53. The molecule has 0 heterocycles. The number of hydrogen-bond donors (Lipinski definition) is 0. The minimum absolute atomic E-state index is 0.520. The summed E-state index contributed by atoms with van der Waals surface area (Å²) in [4.78, 5) is 1.49. The Bertz CT molecular complexity index is 3250. The van der Waals surface area contributed by atoms with Crippen molar-refractivity contribution in [2.24, 2.45) is 0 Å². The molecule has 11 aromatic rings. The number of benzene rings is 11. The molecule has 0 N–H and O–H groups in total. The van der Waals surface area contributed by atoms with Gasteiger partial charge in [0.2, 0.25) is 0 Å². The van der Waals surface area contributed by atoms with Crippen LogP contribution in [0.25, 0.3) is 87.6 Å². The van der Waals surface area contributed by atoms with E-state index in [4.69, 9.17) is 0 Å². The van der Waals surface area contributed by atoms with Crippen LogP contribution in [0.2, 0.25) is 17.3 Å². The van der Waals surface area contributed by atoms with E-state index in [-0.39, 0.29) is 0 Å². The van der Waals surface area contributed by atoms with Crippen molar-refractivity contribution < 1.29 is 0 Å². The summed E-state index contributed by atoms with van der Waals surface area (Å²) in [7, 11) is -0.520.